The quantitative estimate of drug-likeness (QED) is 0.586. The maximum Gasteiger partial charge on any atom is 0.317 e. The zero-order valence-electron chi connectivity index (χ0n) is 15.9. The summed E-state index contributed by atoms with van der Waals surface area (Å²) in [5.41, 5.74) is 3.99. The van der Waals surface area contributed by atoms with Crippen LogP contribution >= 0.6 is 0 Å². The van der Waals surface area contributed by atoms with E-state index < -0.39 is 11.9 Å². The van der Waals surface area contributed by atoms with E-state index in [2.05, 4.69) is 6.07 Å². The Labute approximate surface area is 159 Å². The number of esters is 1. The Morgan fingerprint density at radius 1 is 1.15 bits per heavy atom. The van der Waals surface area contributed by atoms with E-state index in [0.29, 0.717) is 12.2 Å². The molecule has 0 N–H and O–H groups in total. The van der Waals surface area contributed by atoms with Crippen LogP contribution in [0.2, 0.25) is 0 Å². The first-order chi connectivity index (χ1) is 13.0. The van der Waals surface area contributed by atoms with E-state index in [-0.39, 0.29) is 18.3 Å². The van der Waals surface area contributed by atoms with Crippen molar-refractivity contribution in [1.29, 1.82) is 0 Å². The molecule has 4 heteroatoms. The van der Waals surface area contributed by atoms with Gasteiger partial charge in [0.2, 0.25) is 0 Å². The lowest BCUT2D eigenvalue weighted by molar-refractivity contribution is -0.151. The fraction of sp³-hybridized carbons (Fsp3) is 0.304. The van der Waals surface area contributed by atoms with Crippen molar-refractivity contribution in [2.75, 3.05) is 13.7 Å². The van der Waals surface area contributed by atoms with Crippen molar-refractivity contribution in [2.45, 2.75) is 26.2 Å². The zero-order valence-corrected chi connectivity index (χ0v) is 15.9. The highest BCUT2D eigenvalue weighted by Gasteiger charge is 2.39. The fourth-order valence-electron chi connectivity index (χ4n) is 3.61. The molecular weight excluding hydrogens is 340 g/mol. The summed E-state index contributed by atoms with van der Waals surface area (Å²) in [5, 5.41) is 0. The molecule has 0 aliphatic heterocycles. The molecule has 1 aliphatic carbocycles. The van der Waals surface area contributed by atoms with E-state index >= 15 is 0 Å². The van der Waals surface area contributed by atoms with Crippen molar-refractivity contribution in [2.24, 2.45) is 5.92 Å². The minimum atomic E-state index is -0.828. The minimum Gasteiger partial charge on any atom is -0.497 e. The van der Waals surface area contributed by atoms with Gasteiger partial charge in [0.15, 0.2) is 5.78 Å². The van der Waals surface area contributed by atoms with E-state index in [0.717, 1.165) is 22.3 Å². The van der Waals surface area contributed by atoms with Gasteiger partial charge in [-0.15, -0.1) is 0 Å². The Morgan fingerprint density at radius 3 is 2.63 bits per heavy atom. The predicted molar refractivity (Wildman–Crippen MR) is 105 cm³/mol. The Hall–Kier alpha value is -2.88. The standard InChI is InChI=1S/C23H24O4/c1-4-27-23(25)22-20(17-9-6-10-19(12-17)26-3)13-18(14-21(22)24)16-8-5-7-15(2)11-16/h5-12,14,20,22H,4,13H2,1-3H3. The van der Waals surface area contributed by atoms with Gasteiger partial charge in [-0.1, -0.05) is 42.0 Å². The van der Waals surface area contributed by atoms with E-state index in [4.69, 9.17) is 9.47 Å². The second kappa shape index (κ2) is 8.21. The third-order valence-corrected chi connectivity index (χ3v) is 4.92. The van der Waals surface area contributed by atoms with Crippen molar-refractivity contribution in [3.8, 4) is 5.75 Å². The molecule has 0 amide bonds. The molecule has 0 spiro atoms. The van der Waals surface area contributed by atoms with E-state index in [1.54, 1.807) is 20.1 Å². The van der Waals surface area contributed by atoms with Crippen LogP contribution in [0.4, 0.5) is 0 Å². The van der Waals surface area contributed by atoms with Gasteiger partial charge in [0.25, 0.3) is 0 Å². The molecule has 0 bridgehead atoms. The molecule has 0 radical (unpaired) electrons. The molecule has 2 unspecified atom stereocenters. The fourth-order valence-corrected chi connectivity index (χ4v) is 3.61. The molecule has 2 aromatic carbocycles. The summed E-state index contributed by atoms with van der Waals surface area (Å²) in [6.45, 7) is 4.03. The number of ketones is 1. The average molecular weight is 364 g/mol. The highest BCUT2D eigenvalue weighted by Crippen LogP contribution is 2.41. The summed E-state index contributed by atoms with van der Waals surface area (Å²) in [6.07, 6.45) is 2.19. The van der Waals surface area contributed by atoms with Gasteiger partial charge >= 0.3 is 5.97 Å². The maximum absolute atomic E-state index is 12.9. The minimum absolute atomic E-state index is 0.205. The summed E-state index contributed by atoms with van der Waals surface area (Å²) in [4.78, 5) is 25.4. The topological polar surface area (TPSA) is 52.6 Å². The van der Waals surface area contributed by atoms with Gasteiger partial charge in [0, 0.05) is 5.92 Å². The van der Waals surface area contributed by atoms with Crippen LogP contribution in [-0.4, -0.2) is 25.5 Å². The molecule has 0 saturated carbocycles. The Morgan fingerprint density at radius 2 is 1.93 bits per heavy atom. The number of rotatable bonds is 5. The number of hydrogen-bond acceptors (Lipinski definition) is 4. The number of benzene rings is 2. The summed E-state index contributed by atoms with van der Waals surface area (Å²) in [7, 11) is 1.60. The number of carbonyl (C=O) groups excluding carboxylic acids is 2. The number of methoxy groups -OCH3 is 1. The summed E-state index contributed by atoms with van der Waals surface area (Å²) in [5.74, 6) is -1.08. The molecule has 2 atom stereocenters. The lowest BCUT2D eigenvalue weighted by Crippen LogP contribution is -2.34. The van der Waals surface area contributed by atoms with Crippen molar-refractivity contribution in [3.05, 3.63) is 71.3 Å². The van der Waals surface area contributed by atoms with Crippen LogP contribution < -0.4 is 4.74 Å². The van der Waals surface area contributed by atoms with Crippen molar-refractivity contribution in [3.63, 3.8) is 0 Å². The van der Waals surface area contributed by atoms with Gasteiger partial charge in [0.1, 0.15) is 11.7 Å². The zero-order chi connectivity index (χ0) is 19.4. The largest absolute Gasteiger partial charge is 0.497 e. The summed E-state index contributed by atoms with van der Waals surface area (Å²) in [6, 6.07) is 15.6. The van der Waals surface area contributed by atoms with Crippen molar-refractivity contribution >= 4 is 17.3 Å². The molecule has 0 saturated heterocycles. The molecular formula is C23H24O4. The Balaban J connectivity index is 2.04. The van der Waals surface area contributed by atoms with Crippen LogP contribution in [0.15, 0.2) is 54.6 Å². The summed E-state index contributed by atoms with van der Waals surface area (Å²) < 4.78 is 10.5. The van der Waals surface area contributed by atoms with Gasteiger partial charge in [-0.05, 0) is 55.2 Å². The lowest BCUT2D eigenvalue weighted by atomic mass is 9.73. The number of aryl methyl sites for hydroxylation is 1. The summed E-state index contributed by atoms with van der Waals surface area (Å²) >= 11 is 0. The number of ether oxygens (including phenoxy) is 2. The average Bonchev–Trinajstić information content (AvgIpc) is 2.67. The number of allylic oxidation sites excluding steroid dienone is 2. The van der Waals surface area contributed by atoms with Crippen LogP contribution in [0.3, 0.4) is 0 Å². The number of carbonyl (C=O) groups is 2. The molecule has 27 heavy (non-hydrogen) atoms. The lowest BCUT2D eigenvalue weighted by Gasteiger charge is -2.29. The maximum atomic E-state index is 12.9. The highest BCUT2D eigenvalue weighted by atomic mass is 16.5. The molecule has 3 rings (SSSR count). The second-order valence-electron chi connectivity index (χ2n) is 6.76. The third kappa shape index (κ3) is 4.11. The SMILES string of the molecule is CCOC(=O)C1C(=O)C=C(c2cccc(C)c2)CC1c1cccc(OC)c1. The van der Waals surface area contributed by atoms with Crippen LogP contribution in [0.1, 0.15) is 36.0 Å². The predicted octanol–water partition coefficient (Wildman–Crippen LogP) is 4.32. The van der Waals surface area contributed by atoms with Gasteiger partial charge in [0.05, 0.1) is 13.7 Å². The smallest absolute Gasteiger partial charge is 0.317 e. The van der Waals surface area contributed by atoms with E-state index in [9.17, 15) is 9.59 Å². The Bertz CT molecular complexity index is 881. The van der Waals surface area contributed by atoms with Crippen LogP contribution in [-0.2, 0) is 14.3 Å². The van der Waals surface area contributed by atoms with Crippen molar-refractivity contribution in [1.82, 2.24) is 0 Å². The highest BCUT2D eigenvalue weighted by molar-refractivity contribution is 6.10. The Kier molecular flexibility index (Phi) is 5.75. The van der Waals surface area contributed by atoms with Gasteiger partial charge in [-0.2, -0.15) is 0 Å². The molecule has 0 aromatic heterocycles. The van der Waals surface area contributed by atoms with E-state index in [1.165, 1.54) is 0 Å². The molecule has 0 fully saturated rings. The third-order valence-electron chi connectivity index (χ3n) is 4.92. The molecule has 2 aromatic rings. The van der Waals surface area contributed by atoms with Crippen molar-refractivity contribution < 1.29 is 19.1 Å². The first kappa shape index (κ1) is 18.9. The normalized spacial score (nSPS) is 19.4. The molecule has 1 aliphatic rings. The first-order valence-electron chi connectivity index (χ1n) is 9.15. The van der Waals surface area contributed by atoms with Crippen LogP contribution in [0, 0.1) is 12.8 Å². The van der Waals surface area contributed by atoms with E-state index in [1.807, 2.05) is 49.4 Å². The van der Waals surface area contributed by atoms with Gasteiger partial charge < -0.3 is 9.47 Å². The van der Waals surface area contributed by atoms with Crippen LogP contribution in [0.25, 0.3) is 5.57 Å². The number of hydrogen-bond donors (Lipinski definition) is 0. The molecule has 0 heterocycles. The molecule has 4 nitrogen and oxygen atoms in total. The van der Waals surface area contributed by atoms with Gasteiger partial charge in [-0.3, -0.25) is 9.59 Å². The van der Waals surface area contributed by atoms with Gasteiger partial charge in [-0.25, -0.2) is 0 Å². The second-order valence-corrected chi connectivity index (χ2v) is 6.76. The first-order valence-corrected chi connectivity index (χ1v) is 9.15. The molecule has 140 valence electrons. The monoisotopic (exact) mass is 364 g/mol. The van der Waals surface area contributed by atoms with Crippen LogP contribution in [0.5, 0.6) is 5.75 Å².